The summed E-state index contributed by atoms with van der Waals surface area (Å²) in [5.74, 6) is 0. The number of rotatable bonds is 5. The monoisotopic (exact) mass is 319 g/mol. The Bertz CT molecular complexity index is 352. The summed E-state index contributed by atoms with van der Waals surface area (Å²) in [6.07, 6.45) is 2.06. The van der Waals surface area contributed by atoms with Gasteiger partial charge in [0.05, 0.1) is 16.5 Å². The number of halogens is 1. The summed E-state index contributed by atoms with van der Waals surface area (Å²) >= 11 is 5.18. The summed E-state index contributed by atoms with van der Waals surface area (Å²) in [4.78, 5) is 1.19. The van der Waals surface area contributed by atoms with Gasteiger partial charge in [-0.05, 0) is 40.9 Å². The maximum atomic E-state index is 6.16. The third kappa shape index (κ3) is 3.51. The number of nitrogens with two attached hydrogens (primary N) is 1. The minimum Gasteiger partial charge on any atom is -0.379 e. The average molecular weight is 320 g/mol. The highest BCUT2D eigenvalue weighted by Crippen LogP contribution is 2.33. The van der Waals surface area contributed by atoms with Crippen LogP contribution >= 0.6 is 27.3 Å². The Hall–Kier alpha value is 0.0600. The molecule has 0 spiro atoms. The van der Waals surface area contributed by atoms with E-state index in [9.17, 15) is 0 Å². The lowest BCUT2D eigenvalue weighted by atomic mass is 10.1. The smallest absolute Gasteiger partial charge is 0.107 e. The van der Waals surface area contributed by atoms with Gasteiger partial charge >= 0.3 is 0 Å². The van der Waals surface area contributed by atoms with Gasteiger partial charge < -0.3 is 15.2 Å². The second-order valence-corrected chi connectivity index (χ2v) is 6.75. The number of hydrogen-bond donors (Lipinski definition) is 1. The molecule has 2 N–H and O–H groups in total. The van der Waals surface area contributed by atoms with Crippen LogP contribution in [0.4, 0.5) is 0 Å². The molecular formula is C12H18BrNO2S. The maximum Gasteiger partial charge on any atom is 0.107 e. The van der Waals surface area contributed by atoms with Crippen molar-refractivity contribution >= 4 is 27.3 Å². The van der Waals surface area contributed by atoms with E-state index in [2.05, 4.69) is 28.9 Å². The van der Waals surface area contributed by atoms with E-state index >= 15 is 0 Å². The third-order valence-corrected chi connectivity index (χ3v) is 4.65. The minimum absolute atomic E-state index is 0.0111. The number of thiophene rings is 1. The molecule has 17 heavy (non-hydrogen) atoms. The molecule has 3 atom stereocenters. The molecule has 1 saturated heterocycles. The van der Waals surface area contributed by atoms with Gasteiger partial charge in [0.1, 0.15) is 6.10 Å². The Kier molecular flexibility index (Phi) is 4.99. The van der Waals surface area contributed by atoms with E-state index in [0.717, 1.165) is 23.2 Å². The summed E-state index contributed by atoms with van der Waals surface area (Å²) in [7, 11) is 0. The van der Waals surface area contributed by atoms with Crippen molar-refractivity contribution < 1.29 is 9.47 Å². The standard InChI is InChI=1S/C12H18BrNO2S/c1-2-9(14)12(10-3-4-11(13)17-10)16-8-5-6-15-7-8/h3-4,8-9,12H,2,5-7,14H2,1H3. The van der Waals surface area contributed by atoms with Crippen LogP contribution in [-0.2, 0) is 9.47 Å². The zero-order valence-corrected chi connectivity index (χ0v) is 12.3. The Morgan fingerprint density at radius 2 is 2.47 bits per heavy atom. The summed E-state index contributed by atoms with van der Waals surface area (Å²) in [6, 6.07) is 4.18. The molecule has 0 radical (unpaired) electrons. The normalized spacial score (nSPS) is 23.8. The Labute approximate surface area is 114 Å². The molecule has 3 unspecified atom stereocenters. The van der Waals surface area contributed by atoms with Gasteiger partial charge in [0, 0.05) is 17.5 Å². The second-order valence-electron chi connectivity index (χ2n) is 4.26. The van der Waals surface area contributed by atoms with Crippen molar-refractivity contribution in [3.63, 3.8) is 0 Å². The lowest BCUT2D eigenvalue weighted by Crippen LogP contribution is -2.32. The topological polar surface area (TPSA) is 44.5 Å². The lowest BCUT2D eigenvalue weighted by Gasteiger charge is -2.25. The van der Waals surface area contributed by atoms with Gasteiger partial charge in [-0.1, -0.05) is 6.92 Å². The van der Waals surface area contributed by atoms with Crippen LogP contribution in [0.2, 0.25) is 0 Å². The Balaban J connectivity index is 2.07. The van der Waals surface area contributed by atoms with E-state index in [-0.39, 0.29) is 18.2 Å². The third-order valence-electron chi connectivity index (χ3n) is 2.96. The highest BCUT2D eigenvalue weighted by Gasteiger charge is 2.27. The van der Waals surface area contributed by atoms with Crippen LogP contribution in [0.15, 0.2) is 15.9 Å². The molecular weight excluding hydrogens is 302 g/mol. The zero-order valence-electron chi connectivity index (χ0n) is 9.90. The predicted octanol–water partition coefficient (Wildman–Crippen LogP) is 3.09. The largest absolute Gasteiger partial charge is 0.379 e. The molecule has 3 nitrogen and oxygen atoms in total. The molecule has 2 rings (SSSR count). The van der Waals surface area contributed by atoms with Crippen LogP contribution < -0.4 is 5.73 Å². The van der Waals surface area contributed by atoms with Gasteiger partial charge in [-0.2, -0.15) is 0 Å². The first-order valence-electron chi connectivity index (χ1n) is 5.94. The molecule has 1 fully saturated rings. The van der Waals surface area contributed by atoms with Crippen molar-refractivity contribution in [2.24, 2.45) is 5.73 Å². The van der Waals surface area contributed by atoms with Crippen LogP contribution in [0.5, 0.6) is 0 Å². The predicted molar refractivity (Wildman–Crippen MR) is 73.3 cm³/mol. The van der Waals surface area contributed by atoms with E-state index in [1.165, 1.54) is 4.88 Å². The highest BCUT2D eigenvalue weighted by molar-refractivity contribution is 9.11. The second kappa shape index (κ2) is 6.29. The molecule has 96 valence electrons. The van der Waals surface area contributed by atoms with Gasteiger partial charge in [0.2, 0.25) is 0 Å². The first-order chi connectivity index (χ1) is 8.20. The quantitative estimate of drug-likeness (QED) is 0.907. The molecule has 5 heteroatoms. The van der Waals surface area contributed by atoms with Crippen molar-refractivity contribution in [1.82, 2.24) is 0 Å². The summed E-state index contributed by atoms with van der Waals surface area (Å²) < 4.78 is 12.6. The molecule has 2 heterocycles. The Morgan fingerprint density at radius 1 is 1.65 bits per heavy atom. The fraction of sp³-hybridized carbons (Fsp3) is 0.667. The van der Waals surface area contributed by atoms with E-state index in [0.29, 0.717) is 6.61 Å². The van der Waals surface area contributed by atoms with Gasteiger partial charge in [0.15, 0.2) is 0 Å². The highest BCUT2D eigenvalue weighted by atomic mass is 79.9. The molecule has 1 aromatic rings. The molecule has 1 aliphatic rings. The first kappa shape index (κ1) is 13.5. The number of hydrogen-bond acceptors (Lipinski definition) is 4. The van der Waals surface area contributed by atoms with E-state index in [1.807, 2.05) is 6.07 Å². The molecule has 1 aliphatic heterocycles. The van der Waals surface area contributed by atoms with Crippen molar-refractivity contribution in [2.45, 2.75) is 38.0 Å². The molecule has 0 saturated carbocycles. The average Bonchev–Trinajstić information content (AvgIpc) is 2.96. The molecule has 0 aromatic carbocycles. The molecule has 0 aliphatic carbocycles. The molecule has 1 aromatic heterocycles. The van der Waals surface area contributed by atoms with E-state index in [1.54, 1.807) is 11.3 Å². The van der Waals surface area contributed by atoms with Crippen LogP contribution in [-0.4, -0.2) is 25.4 Å². The maximum absolute atomic E-state index is 6.16. The zero-order chi connectivity index (χ0) is 12.3. The van der Waals surface area contributed by atoms with Crippen LogP contribution in [0.3, 0.4) is 0 Å². The SMILES string of the molecule is CCC(N)C(OC1CCOC1)c1ccc(Br)s1. The fourth-order valence-corrected chi connectivity index (χ4v) is 3.44. The molecule has 0 amide bonds. The van der Waals surface area contributed by atoms with Crippen LogP contribution in [0.1, 0.15) is 30.7 Å². The van der Waals surface area contributed by atoms with Gasteiger partial charge in [-0.15, -0.1) is 11.3 Å². The van der Waals surface area contributed by atoms with E-state index in [4.69, 9.17) is 15.2 Å². The van der Waals surface area contributed by atoms with Crippen molar-refractivity contribution in [2.75, 3.05) is 13.2 Å². The van der Waals surface area contributed by atoms with Crippen LogP contribution in [0.25, 0.3) is 0 Å². The summed E-state index contributed by atoms with van der Waals surface area (Å²) in [5, 5.41) is 0. The lowest BCUT2D eigenvalue weighted by molar-refractivity contribution is -0.0283. The summed E-state index contributed by atoms with van der Waals surface area (Å²) in [6.45, 7) is 3.58. The Morgan fingerprint density at radius 3 is 3.00 bits per heavy atom. The van der Waals surface area contributed by atoms with E-state index < -0.39 is 0 Å². The summed E-state index contributed by atoms with van der Waals surface area (Å²) in [5.41, 5.74) is 6.16. The number of ether oxygens (including phenoxy) is 2. The van der Waals surface area contributed by atoms with Gasteiger partial charge in [-0.3, -0.25) is 0 Å². The van der Waals surface area contributed by atoms with Crippen molar-refractivity contribution in [1.29, 1.82) is 0 Å². The first-order valence-corrected chi connectivity index (χ1v) is 7.55. The van der Waals surface area contributed by atoms with Crippen molar-refractivity contribution in [3.05, 3.63) is 20.8 Å². The fourth-order valence-electron chi connectivity index (χ4n) is 1.90. The van der Waals surface area contributed by atoms with Crippen LogP contribution in [0, 0.1) is 0 Å². The minimum atomic E-state index is -0.0111. The molecule has 0 bridgehead atoms. The van der Waals surface area contributed by atoms with Gasteiger partial charge in [0.25, 0.3) is 0 Å². The van der Waals surface area contributed by atoms with Crippen molar-refractivity contribution in [3.8, 4) is 0 Å². The van der Waals surface area contributed by atoms with Gasteiger partial charge in [-0.25, -0.2) is 0 Å².